The van der Waals surface area contributed by atoms with Crippen molar-refractivity contribution in [3.63, 3.8) is 0 Å². The number of para-hydroxylation sites is 6. The quantitative estimate of drug-likeness (QED) is 0.0860. The first-order valence-corrected chi connectivity index (χ1v) is 30.8. The topological polar surface area (TPSA) is 135 Å². The fourth-order valence-corrected chi connectivity index (χ4v) is 9.57. The van der Waals surface area contributed by atoms with Crippen molar-refractivity contribution in [2.45, 2.75) is 0 Å². The van der Waals surface area contributed by atoms with E-state index in [1.54, 1.807) is 61.5 Å². The molecule has 16 rings (SSSR count). The second-order valence-corrected chi connectivity index (χ2v) is 20.7. The SMILES string of the molecule is COc1ccnn1-c1[c-]ccc(-c2ccccc2)c1.[Ir].[Ir].[Ir].[Ir].[Ir].[c-]1cc(Oc2ccccc2)ccc1-n1cccn1.[c-]1ccc(-c2ccccc2)cc1-n1nccc1Oc1ccccc1.[c-]1cccc(Oc2ccccc2)c1-n1cccn1.[c-]1ccccc1-n1nccc1Oc1ccccc1. The Bertz CT molecular complexity index is 4910. The van der Waals surface area contributed by atoms with Crippen LogP contribution in [0.2, 0.25) is 0 Å². The van der Waals surface area contributed by atoms with Crippen LogP contribution in [0.5, 0.6) is 52.1 Å². The number of nitrogens with zero attached hydrogens (tertiary/aromatic N) is 10. The summed E-state index contributed by atoms with van der Waals surface area (Å²) < 4.78 is 37.2. The zero-order valence-electron chi connectivity index (χ0n) is 54.2. The third-order valence-electron chi connectivity index (χ3n) is 14.1. The summed E-state index contributed by atoms with van der Waals surface area (Å²) in [4.78, 5) is 0. The van der Waals surface area contributed by atoms with Crippen molar-refractivity contribution in [3.8, 4) is 103 Å². The number of hydrogen-bond acceptors (Lipinski definition) is 10. The number of ether oxygens (including phenoxy) is 5. The second-order valence-electron chi connectivity index (χ2n) is 20.7. The molecule has 0 bridgehead atoms. The molecule has 0 unspecified atom stereocenters. The molecule has 5 aromatic heterocycles. The largest absolute Gasteiger partial charge is 0.517 e. The Kier molecular flexibility index (Phi) is 32.6. The molecule has 0 saturated carbocycles. The van der Waals surface area contributed by atoms with E-state index in [9.17, 15) is 0 Å². The van der Waals surface area contributed by atoms with Crippen LogP contribution in [-0.4, -0.2) is 56.0 Å². The van der Waals surface area contributed by atoms with E-state index in [-0.39, 0.29) is 101 Å². The minimum atomic E-state index is 0. The molecule has 5 heterocycles. The second kappa shape index (κ2) is 42.1. The first-order chi connectivity index (χ1) is 48.1. The summed E-state index contributed by atoms with van der Waals surface area (Å²) in [7, 11) is 1.63. The maximum absolute atomic E-state index is 5.93. The number of hydrogen-bond donors (Lipinski definition) is 0. The zero-order valence-corrected chi connectivity index (χ0v) is 66.1. The molecule has 0 N–H and O–H groups in total. The van der Waals surface area contributed by atoms with Crippen LogP contribution in [-0.2, 0) is 101 Å². The molecule has 519 valence electrons. The molecular weight excluding hydrogens is 2170 g/mol. The summed E-state index contributed by atoms with van der Waals surface area (Å²) in [6, 6.07) is 115. The molecule has 0 fully saturated rings. The molecule has 20 heteroatoms. The molecule has 0 amide bonds. The summed E-state index contributed by atoms with van der Waals surface area (Å²) in [5.41, 5.74) is 8.82. The Morgan fingerprint density at radius 1 is 0.275 bits per heavy atom. The van der Waals surface area contributed by atoms with Gasteiger partial charge in [-0.3, -0.25) is 9.36 Å². The maximum Gasteiger partial charge on any atom is 0.220 e. The van der Waals surface area contributed by atoms with Gasteiger partial charge < -0.3 is 23.7 Å². The summed E-state index contributed by atoms with van der Waals surface area (Å²) in [5, 5.41) is 21.2. The molecule has 102 heavy (non-hydrogen) atoms. The van der Waals surface area contributed by atoms with Crippen molar-refractivity contribution in [3.05, 3.63) is 383 Å². The Morgan fingerprint density at radius 3 is 1.15 bits per heavy atom. The van der Waals surface area contributed by atoms with Crippen LogP contribution in [0.3, 0.4) is 0 Å². The molecule has 0 spiro atoms. The summed E-state index contributed by atoms with van der Waals surface area (Å²) in [5.74, 6) is 6.69. The predicted molar refractivity (Wildman–Crippen MR) is 375 cm³/mol. The molecular formula is C82H61Ir5N10O5-5. The molecule has 0 saturated heterocycles. The third-order valence-corrected chi connectivity index (χ3v) is 14.1. The van der Waals surface area contributed by atoms with Crippen LogP contribution >= 0.6 is 0 Å². The average molecular weight is 2230 g/mol. The van der Waals surface area contributed by atoms with E-state index in [0.29, 0.717) is 17.6 Å². The molecule has 15 nitrogen and oxygen atoms in total. The average Bonchev–Trinajstić information content (AvgIpc) is 1.60. The Balaban J connectivity index is 0.000000177. The normalized spacial score (nSPS) is 9.81. The molecule has 11 aromatic carbocycles. The monoisotopic (exact) mass is 2230 g/mol. The van der Waals surface area contributed by atoms with Crippen molar-refractivity contribution < 1.29 is 124 Å². The van der Waals surface area contributed by atoms with Gasteiger partial charge in [0.1, 0.15) is 23.0 Å². The van der Waals surface area contributed by atoms with Gasteiger partial charge in [0.2, 0.25) is 17.6 Å². The van der Waals surface area contributed by atoms with Crippen molar-refractivity contribution >= 4 is 0 Å². The minimum absolute atomic E-state index is 0. The van der Waals surface area contributed by atoms with E-state index in [4.69, 9.17) is 23.7 Å². The molecule has 0 aliphatic carbocycles. The van der Waals surface area contributed by atoms with Crippen molar-refractivity contribution in [2.75, 3.05) is 7.11 Å². The van der Waals surface area contributed by atoms with Gasteiger partial charge in [-0.05, 0) is 100 Å². The maximum atomic E-state index is 5.93. The molecule has 0 aliphatic heterocycles. The molecule has 0 atom stereocenters. The van der Waals surface area contributed by atoms with Gasteiger partial charge in [0, 0.05) is 155 Å². The van der Waals surface area contributed by atoms with E-state index in [1.807, 2.05) is 291 Å². The number of benzene rings is 11. The van der Waals surface area contributed by atoms with Gasteiger partial charge in [-0.25, -0.2) is 14.0 Å². The zero-order chi connectivity index (χ0) is 65.9. The van der Waals surface area contributed by atoms with Crippen LogP contribution in [0.15, 0.2) is 353 Å². The molecule has 0 aliphatic rings. The van der Waals surface area contributed by atoms with Crippen LogP contribution in [0, 0.1) is 30.3 Å². The van der Waals surface area contributed by atoms with Crippen LogP contribution in [0.4, 0.5) is 0 Å². The molecule has 16 aromatic rings. The van der Waals surface area contributed by atoms with Gasteiger partial charge in [0.15, 0.2) is 0 Å². The first kappa shape index (κ1) is 79.0. The van der Waals surface area contributed by atoms with Gasteiger partial charge >= 0.3 is 0 Å². The van der Waals surface area contributed by atoms with E-state index in [2.05, 4.69) is 86.2 Å². The standard InChI is InChI=1S/C21H15N2O.C16H13N2O.3C15H11N2O.5Ir/c1-3-8-17(9-4-1)18-10-7-11-19(16-18)23-21(14-15-22-23)24-20-12-5-2-6-13-20;1-19-16-10-11-17-18(16)15-9-5-8-14(12-15)13-6-3-2-4-7-13;1-3-7-13(8-4-1)17-15(11-12-16-17)18-14-9-5-2-6-10-14;1-2-7-13(8-3-1)18-15-10-5-4-9-14(15)17-12-6-11-16-17;1-2-5-14(6-3-1)18-15-9-7-13(8-10-15)17-12-4-11-16-17;;;;;/h1-10,12-16H;2-8,10-12H,1H3;1-7,9-12H;1-8,10-12H;1-7,9-12H;;;;;/q5*-1;;;;;. The third kappa shape index (κ3) is 22.6. The van der Waals surface area contributed by atoms with Gasteiger partial charge in [0.05, 0.1) is 25.7 Å². The number of rotatable bonds is 16. The van der Waals surface area contributed by atoms with E-state index < -0.39 is 0 Å². The Morgan fingerprint density at radius 2 is 0.696 bits per heavy atom. The van der Waals surface area contributed by atoms with Crippen LogP contribution in [0.25, 0.3) is 50.7 Å². The predicted octanol–water partition coefficient (Wildman–Crippen LogP) is 18.9. The van der Waals surface area contributed by atoms with Crippen molar-refractivity contribution in [2.24, 2.45) is 0 Å². The Hall–Kier alpha value is -10.3. The van der Waals surface area contributed by atoms with E-state index >= 15 is 0 Å². The Labute approximate surface area is 660 Å². The summed E-state index contributed by atoms with van der Waals surface area (Å²) in [6.07, 6.45) is 12.4. The number of aromatic nitrogens is 10. The summed E-state index contributed by atoms with van der Waals surface area (Å²) >= 11 is 0. The number of methoxy groups -OCH3 is 1. The van der Waals surface area contributed by atoms with Crippen molar-refractivity contribution in [1.29, 1.82) is 0 Å². The van der Waals surface area contributed by atoms with Gasteiger partial charge in [-0.15, -0.1) is 53.6 Å². The summed E-state index contributed by atoms with van der Waals surface area (Å²) in [6.45, 7) is 0. The molecule has 5 radical (unpaired) electrons. The van der Waals surface area contributed by atoms with E-state index in [1.165, 1.54) is 5.56 Å². The fourth-order valence-electron chi connectivity index (χ4n) is 9.57. The van der Waals surface area contributed by atoms with Gasteiger partial charge in [-0.2, -0.15) is 110 Å². The van der Waals surface area contributed by atoms with Crippen LogP contribution in [0.1, 0.15) is 0 Å². The first-order valence-electron chi connectivity index (χ1n) is 30.8. The van der Waals surface area contributed by atoms with Gasteiger partial charge in [-0.1, -0.05) is 133 Å². The smallest absolute Gasteiger partial charge is 0.220 e. The van der Waals surface area contributed by atoms with Crippen molar-refractivity contribution in [1.82, 2.24) is 48.9 Å². The van der Waals surface area contributed by atoms with Gasteiger partial charge in [0.25, 0.3) is 0 Å². The minimum Gasteiger partial charge on any atom is -0.517 e. The van der Waals surface area contributed by atoms with E-state index in [0.717, 1.165) is 79.6 Å². The fraction of sp³-hybridized carbons (Fsp3) is 0.0122. The van der Waals surface area contributed by atoms with Crippen LogP contribution < -0.4 is 23.7 Å².